The first-order valence-corrected chi connectivity index (χ1v) is 13.2. The van der Waals surface area contributed by atoms with Gasteiger partial charge in [-0.3, -0.25) is 13.9 Å². The Morgan fingerprint density at radius 2 is 1.69 bits per heavy atom. The van der Waals surface area contributed by atoms with Gasteiger partial charge in [-0.15, -0.1) is 0 Å². The van der Waals surface area contributed by atoms with Gasteiger partial charge >= 0.3 is 0 Å². The van der Waals surface area contributed by atoms with Gasteiger partial charge in [-0.1, -0.05) is 36.2 Å². The van der Waals surface area contributed by atoms with E-state index in [1.54, 1.807) is 31.2 Å². The van der Waals surface area contributed by atoms with Crippen LogP contribution in [0.4, 0.5) is 5.69 Å². The van der Waals surface area contributed by atoms with Crippen LogP contribution < -0.4 is 19.1 Å². The van der Waals surface area contributed by atoms with Gasteiger partial charge < -0.3 is 19.7 Å². The second-order valence-corrected chi connectivity index (χ2v) is 10.3. The Bertz CT molecular complexity index is 1180. The molecule has 0 heterocycles. The molecule has 0 saturated carbocycles. The number of benzene rings is 2. The summed E-state index contributed by atoms with van der Waals surface area (Å²) in [6.45, 7) is 1.24. The SMILES string of the molecule is CC[C@@H](C(=O)NC)N(Cc1ccc(Cl)c(Cl)c1)C(=O)CN(c1ccc(OC)c(OC)c1)S(C)(=O)=O. The first kappa shape index (κ1) is 28.5. The van der Waals surface area contributed by atoms with Crippen LogP contribution >= 0.6 is 23.2 Å². The molecule has 0 aliphatic carbocycles. The smallest absolute Gasteiger partial charge is 0.244 e. The van der Waals surface area contributed by atoms with Crippen molar-refractivity contribution in [1.82, 2.24) is 10.2 Å². The fourth-order valence-electron chi connectivity index (χ4n) is 3.51. The van der Waals surface area contributed by atoms with E-state index in [-0.39, 0.29) is 18.1 Å². The van der Waals surface area contributed by atoms with Crippen molar-refractivity contribution < 1.29 is 27.5 Å². The topological polar surface area (TPSA) is 105 Å². The van der Waals surface area contributed by atoms with Gasteiger partial charge in [-0.25, -0.2) is 8.42 Å². The highest BCUT2D eigenvalue weighted by atomic mass is 35.5. The van der Waals surface area contributed by atoms with Crippen LogP contribution in [0.1, 0.15) is 18.9 Å². The number of nitrogens with zero attached hydrogens (tertiary/aromatic N) is 2. The normalized spacial score (nSPS) is 12.0. The number of sulfonamides is 1. The van der Waals surface area contributed by atoms with E-state index in [1.165, 1.54) is 38.3 Å². The van der Waals surface area contributed by atoms with Crippen molar-refractivity contribution in [3.05, 3.63) is 52.0 Å². The van der Waals surface area contributed by atoms with E-state index in [1.807, 2.05) is 0 Å². The predicted octanol–water partition coefficient (Wildman–Crippen LogP) is 3.33. The molecule has 9 nitrogen and oxygen atoms in total. The van der Waals surface area contributed by atoms with Crippen molar-refractivity contribution in [2.75, 3.05) is 38.4 Å². The molecule has 1 atom stereocenters. The monoisotopic (exact) mass is 545 g/mol. The van der Waals surface area contributed by atoms with Gasteiger partial charge in [0, 0.05) is 19.7 Å². The molecule has 0 unspecified atom stereocenters. The summed E-state index contributed by atoms with van der Waals surface area (Å²) >= 11 is 12.1. The Balaban J connectivity index is 2.49. The predicted molar refractivity (Wildman–Crippen MR) is 137 cm³/mol. The van der Waals surface area contributed by atoms with Crippen LogP contribution in [0.2, 0.25) is 10.0 Å². The number of hydrogen-bond acceptors (Lipinski definition) is 6. The average molecular weight is 546 g/mol. The first-order chi connectivity index (χ1) is 16.5. The number of rotatable bonds is 11. The first-order valence-electron chi connectivity index (χ1n) is 10.6. The van der Waals surface area contributed by atoms with Crippen molar-refractivity contribution >= 4 is 50.7 Å². The summed E-state index contributed by atoms with van der Waals surface area (Å²) in [5, 5.41) is 3.21. The molecule has 12 heteroatoms. The number of carbonyl (C=O) groups excluding carboxylic acids is 2. The fourth-order valence-corrected chi connectivity index (χ4v) is 4.68. The largest absolute Gasteiger partial charge is 0.493 e. The van der Waals surface area contributed by atoms with Gasteiger partial charge in [0.2, 0.25) is 21.8 Å². The number of nitrogens with one attached hydrogen (secondary N) is 1. The van der Waals surface area contributed by atoms with Crippen LogP contribution in [0.25, 0.3) is 0 Å². The summed E-state index contributed by atoms with van der Waals surface area (Å²) in [4.78, 5) is 27.5. The molecule has 2 rings (SSSR count). The molecule has 35 heavy (non-hydrogen) atoms. The lowest BCUT2D eigenvalue weighted by Crippen LogP contribution is -2.51. The molecule has 2 aromatic rings. The second kappa shape index (κ2) is 12.3. The standard InChI is InChI=1S/C23H29Cl2N3O6S/c1-6-19(23(30)26-2)27(13-15-7-9-17(24)18(25)11-15)22(29)14-28(35(5,31)32)16-8-10-20(33-3)21(12-16)34-4/h7-12,19H,6,13-14H2,1-5H3,(H,26,30)/t19-/m0/s1. The number of likely N-dealkylation sites (N-methyl/N-ethyl adjacent to an activating group) is 1. The van der Waals surface area contributed by atoms with Crippen molar-refractivity contribution in [3.63, 3.8) is 0 Å². The average Bonchev–Trinajstić information content (AvgIpc) is 2.82. The number of ether oxygens (including phenoxy) is 2. The van der Waals surface area contributed by atoms with Crippen LogP contribution in [0.5, 0.6) is 11.5 Å². The fraction of sp³-hybridized carbons (Fsp3) is 0.391. The number of amides is 2. The molecule has 0 bridgehead atoms. The molecule has 0 aliphatic rings. The summed E-state index contributed by atoms with van der Waals surface area (Å²) in [7, 11) is 0.468. The Hall–Kier alpha value is -2.69. The third-order valence-electron chi connectivity index (χ3n) is 5.30. The number of anilines is 1. The molecule has 0 aromatic heterocycles. The molecular formula is C23H29Cl2N3O6S. The maximum absolute atomic E-state index is 13.6. The van der Waals surface area contributed by atoms with E-state index in [0.29, 0.717) is 33.5 Å². The molecule has 0 saturated heterocycles. The molecule has 0 spiro atoms. The minimum atomic E-state index is -3.88. The summed E-state index contributed by atoms with van der Waals surface area (Å²) in [5.41, 5.74) is 0.841. The number of hydrogen-bond donors (Lipinski definition) is 1. The molecule has 0 fully saturated rings. The van der Waals surface area contributed by atoms with Crippen molar-refractivity contribution in [3.8, 4) is 11.5 Å². The maximum Gasteiger partial charge on any atom is 0.244 e. The lowest BCUT2D eigenvalue weighted by Gasteiger charge is -2.32. The lowest BCUT2D eigenvalue weighted by atomic mass is 10.1. The van der Waals surface area contributed by atoms with Gasteiger partial charge in [0.15, 0.2) is 11.5 Å². The Morgan fingerprint density at radius 3 is 2.20 bits per heavy atom. The van der Waals surface area contributed by atoms with Gasteiger partial charge in [0.25, 0.3) is 0 Å². The minimum absolute atomic E-state index is 0.0190. The molecule has 1 N–H and O–H groups in total. The quantitative estimate of drug-likeness (QED) is 0.464. The minimum Gasteiger partial charge on any atom is -0.493 e. The van der Waals surface area contributed by atoms with E-state index < -0.39 is 28.5 Å². The maximum atomic E-state index is 13.6. The Kier molecular flexibility index (Phi) is 10.1. The highest BCUT2D eigenvalue weighted by Crippen LogP contribution is 2.32. The van der Waals surface area contributed by atoms with E-state index in [9.17, 15) is 18.0 Å². The van der Waals surface area contributed by atoms with E-state index in [0.717, 1.165) is 10.6 Å². The van der Waals surface area contributed by atoms with E-state index >= 15 is 0 Å². The van der Waals surface area contributed by atoms with Crippen LogP contribution in [0.3, 0.4) is 0 Å². The summed E-state index contributed by atoms with van der Waals surface area (Å²) in [5.74, 6) is -0.247. The Labute approximate surface area is 215 Å². The van der Waals surface area contributed by atoms with Crippen LogP contribution in [0.15, 0.2) is 36.4 Å². The van der Waals surface area contributed by atoms with Crippen LogP contribution in [0, 0.1) is 0 Å². The zero-order valence-electron chi connectivity index (χ0n) is 20.2. The van der Waals surface area contributed by atoms with Crippen LogP contribution in [-0.4, -0.2) is 65.2 Å². The molecule has 2 aromatic carbocycles. The zero-order valence-corrected chi connectivity index (χ0v) is 22.5. The van der Waals surface area contributed by atoms with Crippen molar-refractivity contribution in [2.24, 2.45) is 0 Å². The zero-order chi connectivity index (χ0) is 26.3. The van der Waals surface area contributed by atoms with Gasteiger partial charge in [0.1, 0.15) is 12.6 Å². The summed E-state index contributed by atoms with van der Waals surface area (Å²) in [6, 6.07) is 8.56. The van der Waals surface area contributed by atoms with Gasteiger partial charge in [-0.2, -0.15) is 0 Å². The van der Waals surface area contributed by atoms with Gasteiger partial charge in [0.05, 0.1) is 36.2 Å². The number of halogens is 2. The molecule has 2 amide bonds. The highest BCUT2D eigenvalue weighted by Gasteiger charge is 2.31. The van der Waals surface area contributed by atoms with E-state index in [4.69, 9.17) is 32.7 Å². The number of carbonyl (C=O) groups is 2. The molecule has 0 aliphatic heterocycles. The van der Waals surface area contributed by atoms with Crippen LogP contribution in [-0.2, 0) is 26.2 Å². The van der Waals surface area contributed by atoms with E-state index in [2.05, 4.69) is 5.32 Å². The molecular weight excluding hydrogens is 517 g/mol. The summed E-state index contributed by atoms with van der Waals surface area (Å²) in [6.07, 6.45) is 1.30. The summed E-state index contributed by atoms with van der Waals surface area (Å²) < 4.78 is 36.8. The third kappa shape index (κ3) is 7.16. The Morgan fingerprint density at radius 1 is 1.03 bits per heavy atom. The third-order valence-corrected chi connectivity index (χ3v) is 7.18. The van der Waals surface area contributed by atoms with Crippen molar-refractivity contribution in [2.45, 2.75) is 25.9 Å². The molecule has 0 radical (unpaired) electrons. The second-order valence-electron chi connectivity index (χ2n) is 7.62. The van der Waals surface area contributed by atoms with Gasteiger partial charge in [-0.05, 0) is 36.2 Å². The highest BCUT2D eigenvalue weighted by molar-refractivity contribution is 7.92. The van der Waals surface area contributed by atoms with Crippen molar-refractivity contribution in [1.29, 1.82) is 0 Å². The lowest BCUT2D eigenvalue weighted by molar-refractivity contribution is -0.140. The number of methoxy groups -OCH3 is 2. The molecule has 192 valence electrons.